The Bertz CT molecular complexity index is 286. The molecule has 0 bridgehead atoms. The Morgan fingerprint density at radius 3 is 3.00 bits per heavy atom. The summed E-state index contributed by atoms with van der Waals surface area (Å²) in [6.45, 7) is 0. The maximum absolute atomic E-state index is 10.3. The van der Waals surface area contributed by atoms with Gasteiger partial charge in [0, 0.05) is 0 Å². The first-order chi connectivity index (χ1) is 5.59. The summed E-state index contributed by atoms with van der Waals surface area (Å²) in [5.74, 6) is -1.02. The number of nitrogens with two attached hydrogens (primary N) is 1. The van der Waals surface area contributed by atoms with Crippen LogP contribution in [0.5, 0.6) is 0 Å². The van der Waals surface area contributed by atoms with E-state index in [0.717, 1.165) is 0 Å². The van der Waals surface area contributed by atoms with E-state index in [-0.39, 0.29) is 6.42 Å². The molecule has 67 valence electrons. The number of rotatable bonds is 3. The van der Waals surface area contributed by atoms with Gasteiger partial charge in [0.15, 0.2) is 0 Å². The fraction of sp³-hybridized carbons (Fsp3) is 0.333. The molecule has 0 aromatic carbocycles. The van der Waals surface area contributed by atoms with E-state index in [9.17, 15) is 4.79 Å². The predicted molar refractivity (Wildman–Crippen MR) is 36.9 cm³/mol. The van der Waals surface area contributed by atoms with Gasteiger partial charge in [-0.05, 0) is 0 Å². The van der Waals surface area contributed by atoms with Crippen molar-refractivity contribution in [2.75, 3.05) is 0 Å². The van der Waals surface area contributed by atoms with E-state index in [0.29, 0.717) is 5.69 Å². The molecule has 3 N–H and O–H groups in total. The van der Waals surface area contributed by atoms with Gasteiger partial charge < -0.3 is 0 Å². The molecule has 0 radical (unpaired) electrons. The van der Waals surface area contributed by atoms with Crippen LogP contribution < -0.4 is 5.73 Å². The van der Waals surface area contributed by atoms with E-state index in [1.165, 1.54) is 9.91 Å². The molecular weight excluding hydrogens is 202 g/mol. The zero-order valence-electron chi connectivity index (χ0n) is 6.12. The first-order valence-electron chi connectivity index (χ1n) is 3.26. The van der Waals surface area contributed by atoms with Crippen LogP contribution in [0, 0.1) is 0 Å². The summed E-state index contributed by atoms with van der Waals surface area (Å²) in [6, 6.07) is -0.889. The topological polar surface area (TPSA) is 81.1 Å². The van der Waals surface area contributed by atoms with E-state index in [4.69, 9.17) is 10.8 Å². The molecule has 0 amide bonds. The molecule has 0 spiro atoms. The second-order valence-electron chi connectivity index (χ2n) is 2.35. The molecule has 12 heavy (non-hydrogen) atoms. The van der Waals surface area contributed by atoms with Crippen LogP contribution in [0.2, 0.25) is 0 Å². The van der Waals surface area contributed by atoms with Gasteiger partial charge in [-0.2, -0.15) is 0 Å². The summed E-state index contributed by atoms with van der Waals surface area (Å²) >= 11 is 3.56. The molecule has 1 aromatic rings. The van der Waals surface area contributed by atoms with Crippen molar-refractivity contribution in [2.24, 2.45) is 5.73 Å². The predicted octanol–water partition coefficient (Wildman–Crippen LogP) is -0.853. The van der Waals surface area contributed by atoms with Crippen molar-refractivity contribution in [1.82, 2.24) is 8.57 Å². The zero-order chi connectivity index (χ0) is 9.14. The van der Waals surface area contributed by atoms with Crippen LogP contribution >= 0.6 is 0 Å². The molecule has 0 saturated heterocycles. The number of hydrogen-bond donors (Lipinski definition) is 2. The molecule has 5 nitrogen and oxygen atoms in total. The van der Waals surface area contributed by atoms with Gasteiger partial charge in [-0.15, -0.1) is 0 Å². The van der Waals surface area contributed by atoms with Crippen molar-refractivity contribution in [3.05, 3.63) is 18.2 Å². The number of carboxylic acid groups (broad SMARTS) is 1. The summed E-state index contributed by atoms with van der Waals surface area (Å²) in [7, 11) is 0. The van der Waals surface area contributed by atoms with Crippen LogP contribution in [0.15, 0.2) is 12.5 Å². The second kappa shape index (κ2) is 3.71. The fourth-order valence-corrected chi connectivity index (χ4v) is 0.980. The van der Waals surface area contributed by atoms with Gasteiger partial charge in [0.25, 0.3) is 0 Å². The van der Waals surface area contributed by atoms with Crippen molar-refractivity contribution in [3.63, 3.8) is 0 Å². The SMILES string of the molecule is N[C@@H](Cc1c[n]([Fe])cn1)C(=O)O. The van der Waals surface area contributed by atoms with Gasteiger partial charge in [-0.1, -0.05) is 0 Å². The molecule has 1 rings (SSSR count). The summed E-state index contributed by atoms with van der Waals surface area (Å²) in [5, 5.41) is 8.47. The zero-order valence-corrected chi connectivity index (χ0v) is 7.22. The van der Waals surface area contributed by atoms with E-state index < -0.39 is 12.0 Å². The van der Waals surface area contributed by atoms with E-state index in [1.807, 2.05) is 0 Å². The second-order valence-corrected chi connectivity index (χ2v) is 2.92. The van der Waals surface area contributed by atoms with Gasteiger partial charge in [0.05, 0.1) is 0 Å². The van der Waals surface area contributed by atoms with Crippen LogP contribution in [0.3, 0.4) is 0 Å². The van der Waals surface area contributed by atoms with Crippen molar-refractivity contribution in [3.8, 4) is 0 Å². The number of carbonyl (C=O) groups is 1. The van der Waals surface area contributed by atoms with Gasteiger partial charge in [0.2, 0.25) is 0 Å². The van der Waals surface area contributed by atoms with E-state index in [2.05, 4.69) is 21.2 Å². The third kappa shape index (κ3) is 2.34. The van der Waals surface area contributed by atoms with Crippen LogP contribution in [0.25, 0.3) is 0 Å². The van der Waals surface area contributed by atoms with Gasteiger partial charge in [-0.25, -0.2) is 0 Å². The van der Waals surface area contributed by atoms with E-state index >= 15 is 0 Å². The van der Waals surface area contributed by atoms with Crippen molar-refractivity contribution in [2.45, 2.75) is 12.5 Å². The molecule has 0 aliphatic rings. The Hall–Kier alpha value is -0.841. The van der Waals surface area contributed by atoms with Crippen molar-refractivity contribution < 1.29 is 26.1 Å². The van der Waals surface area contributed by atoms with Gasteiger partial charge in [-0.3, -0.25) is 0 Å². The Morgan fingerprint density at radius 1 is 1.92 bits per heavy atom. The maximum atomic E-state index is 10.3. The van der Waals surface area contributed by atoms with Crippen LogP contribution in [0.1, 0.15) is 5.69 Å². The third-order valence-corrected chi connectivity index (χ3v) is 1.62. The summed E-state index contributed by atoms with van der Waals surface area (Å²) < 4.78 is 1.50. The third-order valence-electron chi connectivity index (χ3n) is 1.35. The van der Waals surface area contributed by atoms with Crippen molar-refractivity contribution in [1.29, 1.82) is 0 Å². The molecule has 0 fully saturated rings. The standard InChI is InChI=1S/C6H9N3O2.Fe/c7-5(6(10)11)1-4-2-8-3-9-4;/h2-3,5H,1,7H2,(H2,8,9,10,11);/q;+1/p-1/t5-;/m0./s1. The number of nitrogens with zero attached hydrogens (tertiary/aromatic N) is 2. The minimum atomic E-state index is -1.02. The molecule has 0 aliphatic carbocycles. The average Bonchev–Trinajstić information content (AvgIpc) is 2.35. The fourth-order valence-electron chi connectivity index (χ4n) is 0.751. The molecule has 6 heteroatoms. The normalized spacial score (nSPS) is 12.8. The molecule has 1 aromatic heterocycles. The van der Waals surface area contributed by atoms with Crippen LogP contribution in [-0.4, -0.2) is 25.7 Å². The number of aliphatic carboxylic acids is 1. The Balaban J connectivity index is 2.58. The number of carboxylic acids is 1. The number of imidazole rings is 1. The Labute approximate surface area is 77.6 Å². The quantitative estimate of drug-likeness (QED) is 0.636. The molecule has 0 aliphatic heterocycles. The van der Waals surface area contributed by atoms with Crippen LogP contribution in [0.4, 0.5) is 0 Å². The Morgan fingerprint density at radius 2 is 2.58 bits per heavy atom. The van der Waals surface area contributed by atoms with Crippen LogP contribution in [-0.2, 0) is 27.4 Å². The molecular formula is C6H8FeN3O2. The molecule has 1 heterocycles. The summed E-state index contributed by atoms with van der Waals surface area (Å²) in [5.41, 5.74) is 5.93. The first kappa shape index (κ1) is 9.25. The van der Waals surface area contributed by atoms with E-state index in [1.54, 1.807) is 6.20 Å². The molecule has 0 unspecified atom stereocenters. The summed E-state index contributed by atoms with van der Waals surface area (Å²) in [6.07, 6.45) is 3.38. The molecule has 0 saturated carbocycles. The monoisotopic (exact) mass is 210 g/mol. The number of hydrogen-bond acceptors (Lipinski definition) is 3. The molecule has 1 atom stereocenters. The minimum absolute atomic E-state index is 0.234. The van der Waals surface area contributed by atoms with Crippen molar-refractivity contribution >= 4 is 5.97 Å². The van der Waals surface area contributed by atoms with Gasteiger partial charge in [0.1, 0.15) is 0 Å². The summed E-state index contributed by atoms with van der Waals surface area (Å²) in [4.78, 5) is 14.2. The first-order valence-corrected chi connectivity index (χ1v) is 3.75. The van der Waals surface area contributed by atoms with Gasteiger partial charge >= 0.3 is 77.1 Å². The Kier molecular flexibility index (Phi) is 2.86. The number of aromatic nitrogens is 2. The average molecular weight is 210 g/mol.